The van der Waals surface area contributed by atoms with Crippen LogP contribution in [0.25, 0.3) is 0 Å². The Bertz CT molecular complexity index is 534. The fourth-order valence-electron chi connectivity index (χ4n) is 1.34. The fraction of sp³-hybridized carbons (Fsp3) is 0.250. The van der Waals surface area contributed by atoms with Crippen LogP contribution in [0.1, 0.15) is 17.3 Å². The van der Waals surface area contributed by atoms with Crippen molar-refractivity contribution in [1.82, 2.24) is 4.31 Å². The van der Waals surface area contributed by atoms with Crippen LogP contribution < -0.4 is 0 Å². The van der Waals surface area contributed by atoms with E-state index >= 15 is 0 Å². The summed E-state index contributed by atoms with van der Waals surface area (Å²) in [6, 6.07) is 6.01. The molecule has 5 heteroatoms. The normalized spacial score (nSPS) is 11.5. The van der Waals surface area contributed by atoms with Gasteiger partial charge in [-0.1, -0.05) is 18.2 Å². The van der Waals surface area contributed by atoms with Crippen LogP contribution in [0.15, 0.2) is 41.8 Å². The molecule has 0 spiro atoms. The minimum absolute atomic E-state index is 0.120. The van der Waals surface area contributed by atoms with Gasteiger partial charge in [-0.3, -0.25) is 4.79 Å². The van der Waals surface area contributed by atoms with Gasteiger partial charge in [0.15, 0.2) is 5.78 Å². The first-order valence-electron chi connectivity index (χ1n) is 5.08. The van der Waals surface area contributed by atoms with Crippen molar-refractivity contribution >= 4 is 15.8 Å². The maximum atomic E-state index is 12.1. The molecule has 0 aliphatic carbocycles. The first kappa shape index (κ1) is 13.6. The molecule has 0 bridgehead atoms. The number of sulfonamides is 1. The molecule has 0 unspecified atom stereocenters. The van der Waals surface area contributed by atoms with E-state index in [0.717, 1.165) is 0 Å². The average molecular weight is 253 g/mol. The molecule has 1 rings (SSSR count). The van der Waals surface area contributed by atoms with Gasteiger partial charge in [0.1, 0.15) is 0 Å². The molecule has 0 radical (unpaired) electrons. The Labute approximate surface area is 102 Å². The van der Waals surface area contributed by atoms with Gasteiger partial charge in [-0.15, -0.1) is 6.58 Å². The van der Waals surface area contributed by atoms with Gasteiger partial charge in [0, 0.05) is 19.2 Å². The number of ketones is 1. The Balaban J connectivity index is 3.19. The summed E-state index contributed by atoms with van der Waals surface area (Å²) < 4.78 is 25.3. The van der Waals surface area contributed by atoms with Crippen LogP contribution in [0.4, 0.5) is 0 Å². The van der Waals surface area contributed by atoms with Crippen molar-refractivity contribution in [2.24, 2.45) is 0 Å². The van der Waals surface area contributed by atoms with Crippen molar-refractivity contribution in [2.75, 3.05) is 13.6 Å². The Morgan fingerprint density at radius 2 is 2.12 bits per heavy atom. The van der Waals surface area contributed by atoms with E-state index in [1.807, 2.05) is 0 Å². The number of Topliss-reactive ketones (excluding diaryl/α,β-unsaturated/α-hetero) is 1. The smallest absolute Gasteiger partial charge is 0.243 e. The summed E-state index contributed by atoms with van der Waals surface area (Å²) in [7, 11) is -2.08. The summed E-state index contributed by atoms with van der Waals surface area (Å²) in [6.45, 7) is 5.12. The molecule has 0 saturated carbocycles. The first-order valence-corrected chi connectivity index (χ1v) is 6.52. The lowest BCUT2D eigenvalue weighted by atomic mass is 10.2. The van der Waals surface area contributed by atoms with Gasteiger partial charge in [-0.2, -0.15) is 4.31 Å². The van der Waals surface area contributed by atoms with Gasteiger partial charge in [0.05, 0.1) is 4.90 Å². The SMILES string of the molecule is C=CCN(C)S(=O)(=O)c1cccc(C(C)=O)c1. The molecular weight excluding hydrogens is 238 g/mol. The Hall–Kier alpha value is -1.46. The lowest BCUT2D eigenvalue weighted by Crippen LogP contribution is -2.27. The molecule has 0 N–H and O–H groups in total. The predicted octanol–water partition coefficient (Wildman–Crippen LogP) is 1.70. The number of carbonyl (C=O) groups is 1. The van der Waals surface area contributed by atoms with E-state index in [-0.39, 0.29) is 17.2 Å². The van der Waals surface area contributed by atoms with Crippen LogP contribution in [-0.2, 0) is 10.0 Å². The number of benzene rings is 1. The maximum Gasteiger partial charge on any atom is 0.243 e. The highest BCUT2D eigenvalue weighted by atomic mass is 32.2. The van der Waals surface area contributed by atoms with Crippen LogP contribution >= 0.6 is 0 Å². The summed E-state index contributed by atoms with van der Waals surface area (Å²) in [5, 5.41) is 0. The van der Waals surface area contributed by atoms with E-state index < -0.39 is 10.0 Å². The molecule has 0 saturated heterocycles. The van der Waals surface area contributed by atoms with Crippen molar-refractivity contribution in [2.45, 2.75) is 11.8 Å². The van der Waals surface area contributed by atoms with Gasteiger partial charge in [0.2, 0.25) is 10.0 Å². The second-order valence-corrected chi connectivity index (χ2v) is 5.70. The molecule has 92 valence electrons. The standard InChI is InChI=1S/C12H15NO3S/c1-4-8-13(3)17(15,16)12-7-5-6-11(9-12)10(2)14/h4-7,9H,1,8H2,2-3H3. The van der Waals surface area contributed by atoms with E-state index in [0.29, 0.717) is 5.56 Å². The first-order chi connectivity index (χ1) is 7.89. The van der Waals surface area contributed by atoms with Gasteiger partial charge in [-0.25, -0.2) is 8.42 Å². The minimum atomic E-state index is -3.55. The molecule has 0 fully saturated rings. The van der Waals surface area contributed by atoms with Crippen molar-refractivity contribution in [1.29, 1.82) is 0 Å². The van der Waals surface area contributed by atoms with Crippen LogP contribution in [-0.4, -0.2) is 32.1 Å². The molecule has 0 aliphatic heterocycles. The Morgan fingerprint density at radius 3 is 2.65 bits per heavy atom. The third-order valence-corrected chi connectivity index (χ3v) is 4.15. The van der Waals surface area contributed by atoms with Gasteiger partial charge >= 0.3 is 0 Å². The number of hydrogen-bond donors (Lipinski definition) is 0. The molecule has 0 heterocycles. The second-order valence-electron chi connectivity index (χ2n) is 3.66. The monoisotopic (exact) mass is 253 g/mol. The highest BCUT2D eigenvalue weighted by Crippen LogP contribution is 2.16. The largest absolute Gasteiger partial charge is 0.295 e. The zero-order chi connectivity index (χ0) is 13.1. The lowest BCUT2D eigenvalue weighted by molar-refractivity contribution is 0.101. The van der Waals surface area contributed by atoms with Crippen LogP contribution in [0, 0.1) is 0 Å². The van der Waals surface area contributed by atoms with Crippen molar-refractivity contribution < 1.29 is 13.2 Å². The van der Waals surface area contributed by atoms with E-state index in [2.05, 4.69) is 6.58 Å². The summed E-state index contributed by atoms with van der Waals surface area (Å²) in [4.78, 5) is 11.3. The summed E-state index contributed by atoms with van der Waals surface area (Å²) in [6.07, 6.45) is 1.51. The van der Waals surface area contributed by atoms with Gasteiger partial charge in [0.25, 0.3) is 0 Å². The van der Waals surface area contributed by atoms with Crippen LogP contribution in [0.2, 0.25) is 0 Å². The third kappa shape index (κ3) is 3.01. The topological polar surface area (TPSA) is 54.5 Å². The van der Waals surface area contributed by atoms with Crippen molar-refractivity contribution in [3.63, 3.8) is 0 Å². The average Bonchev–Trinajstić information content (AvgIpc) is 2.29. The quantitative estimate of drug-likeness (QED) is 0.593. The predicted molar refractivity (Wildman–Crippen MR) is 66.5 cm³/mol. The zero-order valence-corrected chi connectivity index (χ0v) is 10.7. The molecule has 0 atom stereocenters. The molecular formula is C12H15NO3S. The Kier molecular flexibility index (Phi) is 4.20. The van der Waals surface area contributed by atoms with E-state index in [1.54, 1.807) is 12.1 Å². The molecule has 0 aliphatic rings. The van der Waals surface area contributed by atoms with Crippen LogP contribution in [0.3, 0.4) is 0 Å². The number of carbonyl (C=O) groups excluding carboxylic acids is 1. The minimum Gasteiger partial charge on any atom is -0.295 e. The van der Waals surface area contributed by atoms with Gasteiger partial charge in [-0.05, 0) is 19.1 Å². The zero-order valence-electron chi connectivity index (χ0n) is 9.88. The maximum absolute atomic E-state index is 12.1. The molecule has 4 nitrogen and oxygen atoms in total. The number of hydrogen-bond acceptors (Lipinski definition) is 3. The van der Waals surface area contributed by atoms with Gasteiger partial charge < -0.3 is 0 Å². The van der Waals surface area contributed by atoms with Crippen molar-refractivity contribution in [3.8, 4) is 0 Å². The summed E-state index contributed by atoms with van der Waals surface area (Å²) in [5.41, 5.74) is 0.387. The molecule has 1 aromatic rings. The molecule has 1 aromatic carbocycles. The van der Waals surface area contributed by atoms with Crippen LogP contribution in [0.5, 0.6) is 0 Å². The molecule has 0 amide bonds. The Morgan fingerprint density at radius 1 is 1.47 bits per heavy atom. The molecule has 0 aromatic heterocycles. The summed E-state index contributed by atoms with van der Waals surface area (Å²) in [5.74, 6) is -0.159. The highest BCUT2D eigenvalue weighted by Gasteiger charge is 2.20. The fourth-order valence-corrected chi connectivity index (χ4v) is 2.52. The molecule has 17 heavy (non-hydrogen) atoms. The van der Waals surface area contributed by atoms with Crippen molar-refractivity contribution in [3.05, 3.63) is 42.5 Å². The number of rotatable bonds is 5. The van der Waals surface area contributed by atoms with E-state index in [1.165, 1.54) is 36.5 Å². The van der Waals surface area contributed by atoms with E-state index in [4.69, 9.17) is 0 Å². The number of likely N-dealkylation sites (N-methyl/N-ethyl adjacent to an activating group) is 1. The lowest BCUT2D eigenvalue weighted by Gasteiger charge is -2.15. The third-order valence-electron chi connectivity index (χ3n) is 2.33. The van der Waals surface area contributed by atoms with E-state index in [9.17, 15) is 13.2 Å². The second kappa shape index (κ2) is 5.25. The summed E-state index contributed by atoms with van der Waals surface area (Å²) >= 11 is 0. The number of nitrogens with zero attached hydrogens (tertiary/aromatic N) is 1. The highest BCUT2D eigenvalue weighted by molar-refractivity contribution is 7.89.